The molecule has 3 amide bonds. The van der Waals surface area contributed by atoms with Crippen molar-refractivity contribution in [3.8, 4) is 0 Å². The highest BCUT2D eigenvalue weighted by molar-refractivity contribution is 5.97. The summed E-state index contributed by atoms with van der Waals surface area (Å²) in [6, 6.07) is -0.964. The molecule has 2 fully saturated rings. The summed E-state index contributed by atoms with van der Waals surface area (Å²) in [6.45, 7) is 3.73. The molecule has 0 spiro atoms. The van der Waals surface area contributed by atoms with E-state index in [-0.39, 0.29) is 42.2 Å². The molecule has 6 atom stereocenters. The van der Waals surface area contributed by atoms with Crippen molar-refractivity contribution >= 4 is 17.7 Å². The number of amides is 3. The maximum Gasteiger partial charge on any atom is 0.243 e. The van der Waals surface area contributed by atoms with Crippen molar-refractivity contribution in [2.75, 3.05) is 13.7 Å². The van der Waals surface area contributed by atoms with Gasteiger partial charge in [0.1, 0.15) is 6.04 Å². The van der Waals surface area contributed by atoms with Crippen LogP contribution in [0, 0.1) is 23.7 Å². The van der Waals surface area contributed by atoms with E-state index in [1.807, 2.05) is 26.0 Å². The Morgan fingerprint density at radius 1 is 1.17 bits per heavy atom. The number of likely N-dealkylation sites (tertiary alicyclic amines) is 1. The van der Waals surface area contributed by atoms with Gasteiger partial charge in [-0.1, -0.05) is 45.3 Å². The van der Waals surface area contributed by atoms with Gasteiger partial charge in [0, 0.05) is 19.0 Å². The second-order valence-corrected chi connectivity index (χ2v) is 8.98. The van der Waals surface area contributed by atoms with Gasteiger partial charge >= 0.3 is 0 Å². The van der Waals surface area contributed by atoms with Crippen LogP contribution in [0.2, 0.25) is 0 Å². The zero-order chi connectivity index (χ0) is 21.8. The minimum Gasteiger partial charge on any atom is -0.394 e. The van der Waals surface area contributed by atoms with E-state index >= 15 is 0 Å². The number of fused-ring (bicyclic) bond motifs is 1. The summed E-state index contributed by atoms with van der Waals surface area (Å²) in [7, 11) is 1.59. The van der Waals surface area contributed by atoms with E-state index < -0.39 is 23.9 Å². The van der Waals surface area contributed by atoms with Crippen molar-refractivity contribution in [3.05, 3.63) is 12.2 Å². The van der Waals surface area contributed by atoms with E-state index in [2.05, 4.69) is 10.6 Å². The molecule has 168 valence electrons. The number of nitrogens with one attached hydrogen (secondary N) is 2. The second-order valence-electron chi connectivity index (χ2n) is 8.98. The number of carbonyl (C=O) groups excluding carboxylic acids is 3. The molecule has 1 saturated heterocycles. The Bertz CT molecular complexity index is 669. The monoisotopic (exact) mass is 419 g/mol. The molecule has 0 aromatic rings. The highest BCUT2D eigenvalue weighted by atomic mass is 16.3. The van der Waals surface area contributed by atoms with Gasteiger partial charge in [-0.3, -0.25) is 14.4 Å². The Kier molecular flexibility index (Phi) is 7.55. The summed E-state index contributed by atoms with van der Waals surface area (Å²) in [6.07, 6.45) is 10.6. The molecule has 0 unspecified atom stereocenters. The van der Waals surface area contributed by atoms with Crippen LogP contribution in [0.25, 0.3) is 0 Å². The minimum absolute atomic E-state index is 0.0358. The molecule has 3 aliphatic rings. The first kappa shape index (κ1) is 22.8. The molecule has 3 N–H and O–H groups in total. The maximum atomic E-state index is 13.6. The van der Waals surface area contributed by atoms with E-state index in [0.29, 0.717) is 6.42 Å². The molecule has 1 heterocycles. The average molecular weight is 420 g/mol. The molecule has 0 bridgehead atoms. The smallest absolute Gasteiger partial charge is 0.243 e. The van der Waals surface area contributed by atoms with Gasteiger partial charge in [-0.15, -0.1) is 0 Å². The first-order valence-corrected chi connectivity index (χ1v) is 11.6. The van der Waals surface area contributed by atoms with Gasteiger partial charge in [0.15, 0.2) is 0 Å². The molecule has 7 heteroatoms. The molecule has 0 radical (unpaired) electrons. The first-order chi connectivity index (χ1) is 14.5. The standard InChI is InChI=1S/C23H37N3O4/c1-4-14-11-12-17-19(18(14)21(28)24-3)23(30)26(16(5-2)13-27)20(17)22(29)25-15-9-7-6-8-10-15/h11-12,14-20,27H,4-10,13H2,1-3H3,(H,24,28)(H,25,29)/t14-,16+,17+,18-,19+,20+/m1/s1. The third kappa shape index (κ3) is 4.13. The number of rotatable bonds is 7. The second kappa shape index (κ2) is 9.94. The number of aliphatic hydroxyl groups is 1. The fraction of sp³-hybridized carbons (Fsp3) is 0.783. The highest BCUT2D eigenvalue weighted by Crippen LogP contribution is 2.45. The van der Waals surface area contributed by atoms with Crippen molar-refractivity contribution < 1.29 is 19.5 Å². The van der Waals surface area contributed by atoms with Crippen LogP contribution in [0.1, 0.15) is 58.8 Å². The van der Waals surface area contributed by atoms with Gasteiger partial charge in [0.05, 0.1) is 24.5 Å². The van der Waals surface area contributed by atoms with Crippen molar-refractivity contribution in [1.82, 2.24) is 15.5 Å². The summed E-state index contributed by atoms with van der Waals surface area (Å²) in [4.78, 5) is 41.4. The van der Waals surface area contributed by atoms with Gasteiger partial charge in [0.25, 0.3) is 0 Å². The molecule has 30 heavy (non-hydrogen) atoms. The SMILES string of the molecule is CC[C@@H](CO)N1C(=O)[C@H]2[C@H](C=C[C@@H](CC)[C@H]2C(=O)NC)[C@H]1C(=O)NC1CCCCC1. The Balaban J connectivity index is 1.96. The first-order valence-electron chi connectivity index (χ1n) is 11.6. The van der Waals surface area contributed by atoms with Gasteiger partial charge in [-0.2, -0.15) is 0 Å². The van der Waals surface area contributed by atoms with Crippen molar-refractivity contribution in [1.29, 1.82) is 0 Å². The Hall–Kier alpha value is -1.89. The fourth-order valence-corrected chi connectivity index (χ4v) is 5.70. The topological polar surface area (TPSA) is 98.7 Å². The van der Waals surface area contributed by atoms with Crippen molar-refractivity contribution in [3.63, 3.8) is 0 Å². The van der Waals surface area contributed by atoms with Crippen LogP contribution in [-0.4, -0.2) is 59.5 Å². The summed E-state index contributed by atoms with van der Waals surface area (Å²) >= 11 is 0. The highest BCUT2D eigenvalue weighted by Gasteiger charge is 2.58. The molecule has 7 nitrogen and oxygen atoms in total. The molecular weight excluding hydrogens is 382 g/mol. The normalized spacial score (nSPS) is 32.6. The van der Waals surface area contributed by atoms with E-state index in [4.69, 9.17) is 0 Å². The van der Waals surface area contributed by atoms with Crippen LogP contribution < -0.4 is 10.6 Å². The average Bonchev–Trinajstić information content (AvgIpc) is 3.06. The Labute approximate surface area is 179 Å². The third-order valence-corrected chi connectivity index (χ3v) is 7.36. The van der Waals surface area contributed by atoms with Crippen LogP contribution in [0.5, 0.6) is 0 Å². The number of nitrogens with zero attached hydrogens (tertiary/aromatic N) is 1. The van der Waals surface area contributed by atoms with E-state index in [9.17, 15) is 19.5 Å². The zero-order valence-corrected chi connectivity index (χ0v) is 18.5. The quantitative estimate of drug-likeness (QED) is 0.546. The molecule has 1 saturated carbocycles. The van der Waals surface area contributed by atoms with E-state index in [1.54, 1.807) is 11.9 Å². The summed E-state index contributed by atoms with van der Waals surface area (Å²) in [5, 5.41) is 15.9. The lowest BCUT2D eigenvalue weighted by Gasteiger charge is -2.35. The number of hydrogen-bond acceptors (Lipinski definition) is 4. The van der Waals surface area contributed by atoms with Gasteiger partial charge in [-0.25, -0.2) is 0 Å². The van der Waals surface area contributed by atoms with E-state index in [1.165, 1.54) is 6.42 Å². The lowest BCUT2D eigenvalue weighted by molar-refractivity contribution is -0.143. The fourth-order valence-electron chi connectivity index (χ4n) is 5.70. The number of aliphatic hydroxyl groups excluding tert-OH is 1. The molecule has 3 rings (SSSR count). The predicted molar refractivity (Wildman–Crippen MR) is 114 cm³/mol. The molecule has 1 aliphatic heterocycles. The minimum atomic E-state index is -0.678. The molecule has 0 aromatic carbocycles. The Morgan fingerprint density at radius 3 is 2.43 bits per heavy atom. The summed E-state index contributed by atoms with van der Waals surface area (Å²) < 4.78 is 0. The lowest BCUT2D eigenvalue weighted by atomic mass is 9.68. The third-order valence-electron chi connectivity index (χ3n) is 7.36. The van der Waals surface area contributed by atoms with Crippen LogP contribution in [0.3, 0.4) is 0 Å². The molecular formula is C23H37N3O4. The Morgan fingerprint density at radius 2 is 1.87 bits per heavy atom. The number of allylic oxidation sites excluding steroid dienone is 1. The van der Waals surface area contributed by atoms with E-state index in [0.717, 1.165) is 32.1 Å². The maximum absolute atomic E-state index is 13.6. The summed E-state index contributed by atoms with van der Waals surface area (Å²) in [5.74, 6) is -1.93. The van der Waals surface area contributed by atoms with Crippen LogP contribution >= 0.6 is 0 Å². The zero-order valence-electron chi connectivity index (χ0n) is 18.5. The number of hydrogen-bond donors (Lipinski definition) is 3. The molecule has 2 aliphatic carbocycles. The summed E-state index contributed by atoms with van der Waals surface area (Å²) in [5.41, 5.74) is 0. The van der Waals surface area contributed by atoms with Gasteiger partial charge < -0.3 is 20.6 Å². The van der Waals surface area contributed by atoms with Crippen LogP contribution in [0.15, 0.2) is 12.2 Å². The predicted octanol–water partition coefficient (Wildman–Crippen LogP) is 1.61. The number of carbonyl (C=O) groups is 3. The van der Waals surface area contributed by atoms with Crippen LogP contribution in [-0.2, 0) is 14.4 Å². The van der Waals surface area contributed by atoms with Gasteiger partial charge in [-0.05, 0) is 31.6 Å². The lowest BCUT2D eigenvalue weighted by Crippen LogP contribution is -2.54. The van der Waals surface area contributed by atoms with Gasteiger partial charge in [0.2, 0.25) is 17.7 Å². The van der Waals surface area contributed by atoms with Crippen LogP contribution in [0.4, 0.5) is 0 Å². The van der Waals surface area contributed by atoms with Crippen molar-refractivity contribution in [2.45, 2.75) is 76.9 Å². The molecule has 0 aromatic heterocycles. The largest absolute Gasteiger partial charge is 0.394 e. The van der Waals surface area contributed by atoms with Crippen molar-refractivity contribution in [2.24, 2.45) is 23.7 Å².